The number of halogens is 2. The fraction of sp³-hybridized carbons (Fsp3) is 0.615. The van der Waals surface area contributed by atoms with Gasteiger partial charge in [-0.15, -0.1) is 0 Å². The second kappa shape index (κ2) is 4.77. The molecule has 2 nitrogen and oxygen atoms in total. The van der Waals surface area contributed by atoms with Gasteiger partial charge in [0.05, 0.1) is 9.50 Å². The van der Waals surface area contributed by atoms with E-state index in [0.717, 1.165) is 35.2 Å². The molecule has 0 unspecified atom stereocenters. The second-order valence-electron chi connectivity index (χ2n) is 5.25. The molecule has 2 fully saturated rings. The molecule has 0 saturated heterocycles. The zero-order valence-electron chi connectivity index (χ0n) is 9.70. The highest BCUT2D eigenvalue weighted by atomic mass is 79.9. The Morgan fingerprint density at radius 3 is 2.29 bits per heavy atom. The third-order valence-corrected chi connectivity index (χ3v) is 4.23. The maximum absolute atomic E-state index is 5.95. The predicted molar refractivity (Wildman–Crippen MR) is 74.6 cm³/mol. The SMILES string of the molecule is Clc1cnc(N(CC2CC2)CC2CC2)c(Br)c1. The van der Waals surface area contributed by atoms with Crippen LogP contribution in [-0.2, 0) is 0 Å². The maximum atomic E-state index is 5.95. The molecule has 0 bridgehead atoms. The van der Waals surface area contributed by atoms with Crippen LogP contribution in [0.25, 0.3) is 0 Å². The van der Waals surface area contributed by atoms with Gasteiger partial charge in [0.1, 0.15) is 5.82 Å². The van der Waals surface area contributed by atoms with Crippen molar-refractivity contribution in [3.63, 3.8) is 0 Å². The standard InChI is InChI=1S/C13H16BrClN2/c14-12-5-11(15)6-16-13(12)17(7-9-1-2-9)8-10-3-4-10/h5-6,9-10H,1-4,7-8H2. The molecule has 17 heavy (non-hydrogen) atoms. The molecule has 2 aliphatic carbocycles. The van der Waals surface area contributed by atoms with Crippen LogP contribution in [0.5, 0.6) is 0 Å². The fourth-order valence-electron chi connectivity index (χ4n) is 2.11. The van der Waals surface area contributed by atoms with Gasteiger partial charge in [0.15, 0.2) is 0 Å². The van der Waals surface area contributed by atoms with E-state index in [4.69, 9.17) is 11.6 Å². The number of nitrogens with zero attached hydrogens (tertiary/aromatic N) is 2. The average molecular weight is 316 g/mol. The average Bonchev–Trinajstić information content (AvgIpc) is 3.11. The van der Waals surface area contributed by atoms with Crippen molar-refractivity contribution in [2.24, 2.45) is 11.8 Å². The Hall–Kier alpha value is -0.280. The summed E-state index contributed by atoms with van der Waals surface area (Å²) in [6.07, 6.45) is 7.27. The molecule has 2 saturated carbocycles. The first kappa shape index (κ1) is 11.8. The number of aromatic nitrogens is 1. The van der Waals surface area contributed by atoms with Crippen molar-refractivity contribution in [1.29, 1.82) is 0 Å². The molecular formula is C13H16BrClN2. The molecule has 0 N–H and O–H groups in total. The lowest BCUT2D eigenvalue weighted by atomic mass is 10.3. The quantitative estimate of drug-likeness (QED) is 0.812. The van der Waals surface area contributed by atoms with Crippen molar-refractivity contribution in [1.82, 2.24) is 4.98 Å². The molecule has 0 radical (unpaired) electrons. The summed E-state index contributed by atoms with van der Waals surface area (Å²) in [5.41, 5.74) is 0. The lowest BCUT2D eigenvalue weighted by Gasteiger charge is -2.24. The highest BCUT2D eigenvalue weighted by molar-refractivity contribution is 9.10. The van der Waals surface area contributed by atoms with Gasteiger partial charge in [0.25, 0.3) is 0 Å². The van der Waals surface area contributed by atoms with Crippen LogP contribution in [0.1, 0.15) is 25.7 Å². The second-order valence-corrected chi connectivity index (χ2v) is 6.54. The third-order valence-electron chi connectivity index (χ3n) is 3.44. The normalized spacial score (nSPS) is 19.4. The summed E-state index contributed by atoms with van der Waals surface area (Å²) in [6.45, 7) is 2.31. The van der Waals surface area contributed by atoms with E-state index in [1.165, 1.54) is 25.7 Å². The zero-order chi connectivity index (χ0) is 11.8. The van der Waals surface area contributed by atoms with Gasteiger partial charge >= 0.3 is 0 Å². The van der Waals surface area contributed by atoms with Gasteiger partial charge in [0, 0.05) is 19.3 Å². The topological polar surface area (TPSA) is 16.1 Å². The van der Waals surface area contributed by atoms with Gasteiger partial charge in [-0.1, -0.05) is 11.6 Å². The largest absolute Gasteiger partial charge is 0.355 e. The van der Waals surface area contributed by atoms with Crippen LogP contribution in [0.4, 0.5) is 5.82 Å². The van der Waals surface area contributed by atoms with Crippen LogP contribution in [0, 0.1) is 11.8 Å². The number of pyridine rings is 1. The Kier molecular flexibility index (Phi) is 3.31. The van der Waals surface area contributed by atoms with E-state index in [-0.39, 0.29) is 0 Å². The predicted octanol–water partition coefficient (Wildman–Crippen LogP) is 4.12. The number of anilines is 1. The molecule has 0 atom stereocenters. The third kappa shape index (κ3) is 3.14. The maximum Gasteiger partial charge on any atom is 0.142 e. The fourth-order valence-corrected chi connectivity index (χ4v) is 3.00. The minimum Gasteiger partial charge on any atom is -0.355 e. The first-order chi connectivity index (χ1) is 8.22. The molecule has 3 rings (SSSR count). The monoisotopic (exact) mass is 314 g/mol. The summed E-state index contributed by atoms with van der Waals surface area (Å²) in [5, 5.41) is 0.693. The van der Waals surface area contributed by atoms with Crippen molar-refractivity contribution < 1.29 is 0 Å². The van der Waals surface area contributed by atoms with Crippen LogP contribution < -0.4 is 4.90 Å². The first-order valence-electron chi connectivity index (χ1n) is 6.28. The van der Waals surface area contributed by atoms with E-state index < -0.39 is 0 Å². The Morgan fingerprint density at radius 1 is 1.24 bits per heavy atom. The van der Waals surface area contributed by atoms with E-state index in [1.807, 2.05) is 6.07 Å². The van der Waals surface area contributed by atoms with Crippen LogP contribution in [-0.4, -0.2) is 18.1 Å². The molecule has 92 valence electrons. The lowest BCUT2D eigenvalue weighted by Crippen LogP contribution is -2.29. The summed E-state index contributed by atoms with van der Waals surface area (Å²) in [7, 11) is 0. The summed E-state index contributed by atoms with van der Waals surface area (Å²) < 4.78 is 1.02. The number of rotatable bonds is 5. The van der Waals surface area contributed by atoms with Gasteiger partial charge in [-0.2, -0.15) is 0 Å². The Labute approximate surface area is 115 Å². The summed E-state index contributed by atoms with van der Waals surface area (Å²) in [4.78, 5) is 6.93. The molecule has 0 spiro atoms. The zero-order valence-corrected chi connectivity index (χ0v) is 12.0. The number of hydrogen-bond donors (Lipinski definition) is 0. The molecule has 1 aromatic heterocycles. The molecule has 4 heteroatoms. The summed E-state index contributed by atoms with van der Waals surface area (Å²) in [5.74, 6) is 2.84. The van der Waals surface area contributed by atoms with E-state index in [9.17, 15) is 0 Å². The highest BCUT2D eigenvalue weighted by Crippen LogP contribution is 2.37. The van der Waals surface area contributed by atoms with Crippen LogP contribution >= 0.6 is 27.5 Å². The number of hydrogen-bond acceptors (Lipinski definition) is 2. The molecule has 1 heterocycles. The Morgan fingerprint density at radius 2 is 1.82 bits per heavy atom. The van der Waals surface area contributed by atoms with Gasteiger partial charge in [-0.3, -0.25) is 0 Å². The summed E-state index contributed by atoms with van der Waals surface area (Å²) >= 11 is 9.53. The van der Waals surface area contributed by atoms with Crippen LogP contribution in [0.3, 0.4) is 0 Å². The van der Waals surface area contributed by atoms with E-state index >= 15 is 0 Å². The molecule has 0 amide bonds. The van der Waals surface area contributed by atoms with Crippen LogP contribution in [0.2, 0.25) is 5.02 Å². The molecular weight excluding hydrogens is 300 g/mol. The van der Waals surface area contributed by atoms with Crippen molar-refractivity contribution >= 4 is 33.3 Å². The van der Waals surface area contributed by atoms with Crippen molar-refractivity contribution in [3.8, 4) is 0 Å². The molecule has 0 aliphatic heterocycles. The van der Waals surface area contributed by atoms with Crippen molar-refractivity contribution in [2.75, 3.05) is 18.0 Å². The molecule has 0 aromatic carbocycles. The summed E-state index contributed by atoms with van der Waals surface area (Å²) in [6, 6.07) is 1.94. The first-order valence-corrected chi connectivity index (χ1v) is 7.45. The van der Waals surface area contributed by atoms with Gasteiger partial charge in [-0.05, 0) is 59.5 Å². The van der Waals surface area contributed by atoms with E-state index in [2.05, 4.69) is 25.8 Å². The molecule has 1 aromatic rings. The van der Waals surface area contributed by atoms with Crippen LogP contribution in [0.15, 0.2) is 16.7 Å². The minimum atomic E-state index is 0.693. The smallest absolute Gasteiger partial charge is 0.142 e. The van der Waals surface area contributed by atoms with Gasteiger partial charge in [-0.25, -0.2) is 4.98 Å². The van der Waals surface area contributed by atoms with Gasteiger partial charge in [0.2, 0.25) is 0 Å². The minimum absolute atomic E-state index is 0.693. The van der Waals surface area contributed by atoms with E-state index in [1.54, 1.807) is 6.20 Å². The lowest BCUT2D eigenvalue weighted by molar-refractivity contribution is 0.670. The van der Waals surface area contributed by atoms with Crippen molar-refractivity contribution in [3.05, 3.63) is 21.8 Å². The Balaban J connectivity index is 1.78. The van der Waals surface area contributed by atoms with Crippen molar-refractivity contribution in [2.45, 2.75) is 25.7 Å². The van der Waals surface area contributed by atoms with Gasteiger partial charge < -0.3 is 4.90 Å². The highest BCUT2D eigenvalue weighted by Gasteiger charge is 2.30. The Bertz CT molecular complexity index is 402. The molecule has 2 aliphatic rings. The van der Waals surface area contributed by atoms with E-state index in [0.29, 0.717) is 5.02 Å².